The van der Waals surface area contributed by atoms with E-state index in [-0.39, 0.29) is 17.5 Å². The van der Waals surface area contributed by atoms with Crippen molar-refractivity contribution >= 4 is 21.4 Å². The summed E-state index contributed by atoms with van der Waals surface area (Å²) in [7, 11) is -0.926. The van der Waals surface area contributed by atoms with Gasteiger partial charge in [0.2, 0.25) is 0 Å². The quantitative estimate of drug-likeness (QED) is 0.840. The minimum absolute atomic E-state index is 0.0692. The van der Waals surface area contributed by atoms with E-state index in [2.05, 4.69) is 4.90 Å². The maximum absolute atomic E-state index is 11.6. The Morgan fingerprint density at radius 3 is 2.82 bits per heavy atom. The van der Waals surface area contributed by atoms with Crippen molar-refractivity contribution in [3.05, 3.63) is 22.7 Å². The molecule has 0 unspecified atom stereocenters. The van der Waals surface area contributed by atoms with Gasteiger partial charge in [-0.25, -0.2) is 8.42 Å². The van der Waals surface area contributed by atoms with Crippen LogP contribution in [-0.2, 0) is 16.4 Å². The van der Waals surface area contributed by atoms with Crippen molar-refractivity contribution in [2.75, 3.05) is 31.8 Å². The van der Waals surface area contributed by atoms with Crippen molar-refractivity contribution in [2.24, 2.45) is 0 Å². The zero-order valence-corrected chi connectivity index (χ0v) is 14.1. The van der Waals surface area contributed by atoms with Gasteiger partial charge in [-0.05, 0) is 31.2 Å². The van der Waals surface area contributed by atoms with E-state index in [1.165, 1.54) is 0 Å². The van der Waals surface area contributed by atoms with Gasteiger partial charge in [0.15, 0.2) is 21.3 Å². The van der Waals surface area contributed by atoms with Gasteiger partial charge in [0.25, 0.3) is 0 Å². The molecule has 22 heavy (non-hydrogen) atoms. The predicted molar refractivity (Wildman–Crippen MR) is 85.6 cm³/mol. The summed E-state index contributed by atoms with van der Waals surface area (Å²) in [4.78, 5) is 2.07. The molecule has 1 fully saturated rings. The van der Waals surface area contributed by atoms with Gasteiger partial charge in [0.1, 0.15) is 0 Å². The van der Waals surface area contributed by atoms with E-state index >= 15 is 0 Å². The van der Waals surface area contributed by atoms with Gasteiger partial charge in [0.05, 0.1) is 29.7 Å². The van der Waals surface area contributed by atoms with Crippen molar-refractivity contribution < 1.29 is 17.9 Å². The zero-order chi connectivity index (χ0) is 15.7. The number of fused-ring (bicyclic) bond motifs is 1. The lowest BCUT2D eigenvalue weighted by atomic mass is 10.1. The van der Waals surface area contributed by atoms with Crippen LogP contribution in [0.1, 0.15) is 18.4 Å². The molecule has 0 saturated carbocycles. The average molecular weight is 346 g/mol. The Balaban J connectivity index is 1.75. The van der Waals surface area contributed by atoms with E-state index in [1.54, 1.807) is 0 Å². The van der Waals surface area contributed by atoms with Gasteiger partial charge in [-0.15, -0.1) is 0 Å². The van der Waals surface area contributed by atoms with Crippen LogP contribution in [-0.4, -0.2) is 51.1 Å². The molecule has 5 nitrogen and oxygen atoms in total. The highest BCUT2D eigenvalue weighted by molar-refractivity contribution is 7.91. The van der Waals surface area contributed by atoms with Gasteiger partial charge >= 0.3 is 0 Å². The Bertz CT molecular complexity index is 662. The molecule has 0 radical (unpaired) electrons. The second kappa shape index (κ2) is 6.26. The van der Waals surface area contributed by atoms with Crippen molar-refractivity contribution in [1.29, 1.82) is 0 Å². The molecule has 7 heteroatoms. The zero-order valence-electron chi connectivity index (χ0n) is 12.5. The fourth-order valence-corrected chi connectivity index (χ4v) is 5.01. The highest BCUT2D eigenvalue weighted by Gasteiger charge is 2.30. The third kappa shape index (κ3) is 3.50. The standard InChI is InChI=1S/C15H20ClNO4S/c1-17(12-3-6-22(18,19)10-12)9-11-7-13(16)15-14(8-11)20-4-2-5-21-15/h7-8,12H,2-6,9-10H2,1H3/t12-/m0/s1. The number of hydrogen-bond donors (Lipinski definition) is 0. The molecule has 2 aliphatic heterocycles. The van der Waals surface area contributed by atoms with Crippen molar-refractivity contribution in [3.8, 4) is 11.5 Å². The summed E-state index contributed by atoms with van der Waals surface area (Å²) in [6.07, 6.45) is 1.53. The number of rotatable bonds is 3. The smallest absolute Gasteiger partial charge is 0.179 e. The molecule has 1 aromatic carbocycles. The van der Waals surface area contributed by atoms with Crippen LogP contribution in [0.3, 0.4) is 0 Å². The van der Waals surface area contributed by atoms with Crippen LogP contribution in [0, 0.1) is 0 Å². The summed E-state index contributed by atoms with van der Waals surface area (Å²) in [6.45, 7) is 1.85. The van der Waals surface area contributed by atoms with Crippen LogP contribution in [0.5, 0.6) is 11.5 Å². The van der Waals surface area contributed by atoms with E-state index in [4.69, 9.17) is 21.1 Å². The first-order chi connectivity index (χ1) is 10.4. The maximum Gasteiger partial charge on any atom is 0.179 e. The minimum atomic E-state index is -2.87. The number of hydrogen-bond acceptors (Lipinski definition) is 5. The van der Waals surface area contributed by atoms with Crippen LogP contribution >= 0.6 is 11.6 Å². The topological polar surface area (TPSA) is 55.8 Å². The third-order valence-corrected chi connectivity index (χ3v) is 6.16. The second-order valence-electron chi connectivity index (χ2n) is 5.93. The molecule has 2 aliphatic rings. The molecule has 122 valence electrons. The lowest BCUT2D eigenvalue weighted by molar-refractivity contribution is 0.253. The largest absolute Gasteiger partial charge is 0.489 e. The summed E-state index contributed by atoms with van der Waals surface area (Å²) < 4.78 is 34.5. The Kier molecular flexibility index (Phi) is 4.52. The van der Waals surface area contributed by atoms with Gasteiger partial charge in [-0.3, -0.25) is 4.90 Å². The van der Waals surface area contributed by atoms with Crippen LogP contribution in [0.2, 0.25) is 5.02 Å². The molecule has 3 rings (SSSR count). The van der Waals surface area contributed by atoms with Gasteiger partial charge in [-0.2, -0.15) is 0 Å². The second-order valence-corrected chi connectivity index (χ2v) is 8.56. The predicted octanol–water partition coefficient (Wildman–Crippen LogP) is 2.12. The molecule has 0 N–H and O–H groups in total. The summed E-state index contributed by atoms with van der Waals surface area (Å²) >= 11 is 6.29. The van der Waals surface area contributed by atoms with Crippen LogP contribution in [0.15, 0.2) is 12.1 Å². The van der Waals surface area contributed by atoms with Gasteiger partial charge in [0, 0.05) is 19.0 Å². The average Bonchev–Trinajstić information content (AvgIpc) is 2.67. The van der Waals surface area contributed by atoms with E-state index in [0.717, 1.165) is 12.0 Å². The number of sulfone groups is 1. The molecule has 2 heterocycles. The minimum Gasteiger partial charge on any atom is -0.489 e. The van der Waals surface area contributed by atoms with Crippen LogP contribution in [0.25, 0.3) is 0 Å². The Labute approximate surface area is 136 Å². The van der Waals surface area contributed by atoms with E-state index in [1.807, 2.05) is 19.2 Å². The summed E-state index contributed by atoms with van der Waals surface area (Å²) in [5.41, 5.74) is 1.00. The fraction of sp³-hybridized carbons (Fsp3) is 0.600. The SMILES string of the molecule is CN(Cc1cc(Cl)c2c(c1)OCCCO2)[C@H]1CCS(=O)(=O)C1. The third-order valence-electron chi connectivity index (χ3n) is 4.13. The normalized spacial score (nSPS) is 23.5. The monoisotopic (exact) mass is 345 g/mol. The molecule has 0 spiro atoms. The van der Waals surface area contributed by atoms with Crippen molar-refractivity contribution in [3.63, 3.8) is 0 Å². The molecule has 1 atom stereocenters. The highest BCUT2D eigenvalue weighted by atomic mass is 35.5. The Morgan fingerprint density at radius 1 is 1.32 bits per heavy atom. The molecule has 0 amide bonds. The van der Waals surface area contributed by atoms with E-state index in [0.29, 0.717) is 42.7 Å². The van der Waals surface area contributed by atoms with Crippen LogP contribution < -0.4 is 9.47 Å². The molecule has 1 aromatic rings. The molecular weight excluding hydrogens is 326 g/mol. The first-order valence-corrected chi connectivity index (χ1v) is 9.63. The molecule has 0 bridgehead atoms. The molecule has 1 saturated heterocycles. The van der Waals surface area contributed by atoms with Gasteiger partial charge < -0.3 is 9.47 Å². The first kappa shape index (κ1) is 15.9. The number of benzene rings is 1. The lowest BCUT2D eigenvalue weighted by Crippen LogP contribution is -2.32. The number of ether oxygens (including phenoxy) is 2. The number of halogens is 1. The van der Waals surface area contributed by atoms with Crippen molar-refractivity contribution in [1.82, 2.24) is 4.90 Å². The van der Waals surface area contributed by atoms with Gasteiger partial charge in [-0.1, -0.05) is 11.6 Å². The summed E-state index contributed by atoms with van der Waals surface area (Å²) in [6, 6.07) is 3.88. The van der Waals surface area contributed by atoms with Crippen LogP contribution in [0.4, 0.5) is 0 Å². The van der Waals surface area contributed by atoms with Crippen molar-refractivity contribution in [2.45, 2.75) is 25.4 Å². The molecule has 0 aromatic heterocycles. The Hall–Kier alpha value is -0.980. The molecule has 0 aliphatic carbocycles. The lowest BCUT2D eigenvalue weighted by Gasteiger charge is -2.23. The molecular formula is C15H20ClNO4S. The first-order valence-electron chi connectivity index (χ1n) is 7.43. The fourth-order valence-electron chi connectivity index (χ4n) is 2.92. The highest BCUT2D eigenvalue weighted by Crippen LogP contribution is 2.38. The maximum atomic E-state index is 11.6. The van der Waals surface area contributed by atoms with E-state index in [9.17, 15) is 8.42 Å². The summed E-state index contributed by atoms with van der Waals surface area (Å²) in [5, 5.41) is 0.543. The Morgan fingerprint density at radius 2 is 2.09 bits per heavy atom. The summed E-state index contributed by atoms with van der Waals surface area (Å²) in [5.74, 6) is 1.80. The number of nitrogens with zero attached hydrogens (tertiary/aromatic N) is 1. The van der Waals surface area contributed by atoms with E-state index < -0.39 is 9.84 Å².